The average molecular weight is 252 g/mol. The van der Waals surface area contributed by atoms with Crippen LogP contribution < -0.4 is 5.32 Å². The van der Waals surface area contributed by atoms with E-state index in [1.165, 1.54) is 0 Å². The highest BCUT2D eigenvalue weighted by Gasteiger charge is 2.34. The Morgan fingerprint density at radius 3 is 2.33 bits per heavy atom. The molecule has 0 unspecified atom stereocenters. The standard InChI is InChI=1S/C14H28N4/c1-10(2)6-5-7-13(15)18(12-8-9-12)14(16)11(3)17-4/h10-12,15-17H,5-9H2,1-4H3/t11-/m0/s1. The summed E-state index contributed by atoms with van der Waals surface area (Å²) >= 11 is 0. The fourth-order valence-electron chi connectivity index (χ4n) is 2.04. The summed E-state index contributed by atoms with van der Waals surface area (Å²) in [5, 5.41) is 19.5. The molecule has 0 aromatic heterocycles. The predicted molar refractivity (Wildman–Crippen MR) is 77.5 cm³/mol. The highest BCUT2D eigenvalue weighted by atomic mass is 15.3. The van der Waals surface area contributed by atoms with Gasteiger partial charge in [-0.2, -0.15) is 0 Å². The second-order valence-corrected chi connectivity index (χ2v) is 5.73. The monoisotopic (exact) mass is 252 g/mol. The third kappa shape index (κ3) is 4.41. The van der Waals surface area contributed by atoms with Crippen LogP contribution in [0.1, 0.15) is 52.9 Å². The van der Waals surface area contributed by atoms with Crippen molar-refractivity contribution < 1.29 is 0 Å². The predicted octanol–water partition coefficient (Wildman–Crippen LogP) is 2.84. The molecule has 0 bridgehead atoms. The Morgan fingerprint density at radius 2 is 1.89 bits per heavy atom. The second-order valence-electron chi connectivity index (χ2n) is 5.73. The maximum Gasteiger partial charge on any atom is 0.119 e. The molecule has 0 aliphatic heterocycles. The lowest BCUT2D eigenvalue weighted by Crippen LogP contribution is -2.47. The average Bonchev–Trinajstić information content (AvgIpc) is 3.12. The summed E-state index contributed by atoms with van der Waals surface area (Å²) in [7, 11) is 1.87. The molecule has 0 heterocycles. The van der Waals surface area contributed by atoms with Crippen molar-refractivity contribution in [3.05, 3.63) is 0 Å². The first kappa shape index (κ1) is 15.2. The molecule has 0 aromatic carbocycles. The first-order chi connectivity index (χ1) is 8.47. The van der Waals surface area contributed by atoms with Gasteiger partial charge < -0.3 is 10.2 Å². The van der Waals surface area contributed by atoms with Gasteiger partial charge >= 0.3 is 0 Å². The first-order valence-electron chi connectivity index (χ1n) is 7.09. The largest absolute Gasteiger partial charge is 0.315 e. The van der Waals surface area contributed by atoms with Gasteiger partial charge in [-0.15, -0.1) is 0 Å². The van der Waals surface area contributed by atoms with Gasteiger partial charge in [0.25, 0.3) is 0 Å². The van der Waals surface area contributed by atoms with Crippen LogP contribution in [0.15, 0.2) is 0 Å². The lowest BCUT2D eigenvalue weighted by atomic mass is 10.1. The topological polar surface area (TPSA) is 63.0 Å². The molecule has 4 nitrogen and oxygen atoms in total. The molecule has 0 amide bonds. The fourth-order valence-corrected chi connectivity index (χ4v) is 2.04. The van der Waals surface area contributed by atoms with Crippen molar-refractivity contribution in [2.45, 2.75) is 65.0 Å². The molecule has 18 heavy (non-hydrogen) atoms. The van der Waals surface area contributed by atoms with E-state index in [0.29, 0.717) is 23.6 Å². The minimum atomic E-state index is 0.0241. The molecule has 0 aromatic rings. The minimum absolute atomic E-state index is 0.0241. The van der Waals surface area contributed by atoms with Gasteiger partial charge in [0.2, 0.25) is 0 Å². The van der Waals surface area contributed by atoms with Gasteiger partial charge in [-0.05, 0) is 39.2 Å². The van der Waals surface area contributed by atoms with E-state index in [-0.39, 0.29) is 6.04 Å². The molecule has 1 fully saturated rings. The zero-order valence-electron chi connectivity index (χ0n) is 12.2. The van der Waals surface area contributed by atoms with Crippen molar-refractivity contribution in [1.29, 1.82) is 10.8 Å². The van der Waals surface area contributed by atoms with Crippen LogP contribution in [0.4, 0.5) is 0 Å². The van der Waals surface area contributed by atoms with E-state index in [4.69, 9.17) is 10.8 Å². The normalized spacial score (nSPS) is 16.7. The van der Waals surface area contributed by atoms with Gasteiger partial charge in [0, 0.05) is 12.5 Å². The van der Waals surface area contributed by atoms with E-state index in [2.05, 4.69) is 19.2 Å². The van der Waals surface area contributed by atoms with Crippen molar-refractivity contribution in [3.8, 4) is 0 Å². The van der Waals surface area contributed by atoms with Gasteiger partial charge in [-0.1, -0.05) is 20.3 Å². The first-order valence-corrected chi connectivity index (χ1v) is 7.09. The summed E-state index contributed by atoms with van der Waals surface area (Å²) in [4.78, 5) is 1.95. The van der Waals surface area contributed by atoms with E-state index in [9.17, 15) is 0 Å². The number of likely N-dealkylation sites (N-methyl/N-ethyl adjacent to an activating group) is 1. The Kier molecular flexibility index (Phi) is 5.79. The molecular weight excluding hydrogens is 224 g/mol. The van der Waals surface area contributed by atoms with Gasteiger partial charge in [-0.3, -0.25) is 10.8 Å². The third-order valence-corrected chi connectivity index (χ3v) is 3.50. The van der Waals surface area contributed by atoms with Crippen LogP contribution in [-0.2, 0) is 0 Å². The molecule has 1 atom stereocenters. The Balaban J connectivity index is 2.51. The summed E-state index contributed by atoms with van der Waals surface area (Å²) < 4.78 is 0. The van der Waals surface area contributed by atoms with Gasteiger partial charge in [0.15, 0.2) is 0 Å². The summed E-state index contributed by atoms with van der Waals surface area (Å²) in [5.41, 5.74) is 0. The van der Waals surface area contributed by atoms with Gasteiger partial charge in [0.1, 0.15) is 11.7 Å². The minimum Gasteiger partial charge on any atom is -0.315 e. The Bertz CT molecular complexity index is 294. The fraction of sp³-hybridized carbons (Fsp3) is 0.857. The summed E-state index contributed by atoms with van der Waals surface area (Å²) in [5.74, 6) is 1.88. The highest BCUT2D eigenvalue weighted by molar-refractivity contribution is 6.01. The van der Waals surface area contributed by atoms with Gasteiger partial charge in [0.05, 0.1) is 6.04 Å². The van der Waals surface area contributed by atoms with Gasteiger partial charge in [-0.25, -0.2) is 0 Å². The summed E-state index contributed by atoms with van der Waals surface area (Å²) in [6, 6.07) is 0.441. The van der Waals surface area contributed by atoms with Crippen LogP contribution in [0.25, 0.3) is 0 Å². The zero-order valence-corrected chi connectivity index (χ0v) is 12.2. The summed E-state index contributed by atoms with van der Waals surface area (Å²) in [6.45, 7) is 6.42. The van der Waals surface area contributed by atoms with Crippen LogP contribution in [0.5, 0.6) is 0 Å². The van der Waals surface area contributed by atoms with E-state index < -0.39 is 0 Å². The van der Waals surface area contributed by atoms with E-state index >= 15 is 0 Å². The third-order valence-electron chi connectivity index (χ3n) is 3.50. The highest BCUT2D eigenvalue weighted by Crippen LogP contribution is 2.28. The number of rotatable bonds is 7. The van der Waals surface area contributed by atoms with Crippen LogP contribution in [0.2, 0.25) is 0 Å². The lowest BCUT2D eigenvalue weighted by molar-refractivity contribution is 0.514. The lowest BCUT2D eigenvalue weighted by Gasteiger charge is -2.29. The molecule has 0 radical (unpaired) electrons. The second kappa shape index (κ2) is 6.88. The maximum atomic E-state index is 8.22. The molecule has 1 aliphatic rings. The van der Waals surface area contributed by atoms with Crippen molar-refractivity contribution in [2.75, 3.05) is 7.05 Å². The zero-order chi connectivity index (χ0) is 13.7. The van der Waals surface area contributed by atoms with Crippen molar-refractivity contribution in [3.63, 3.8) is 0 Å². The number of nitrogens with zero attached hydrogens (tertiary/aromatic N) is 1. The number of amidine groups is 2. The van der Waals surface area contributed by atoms with Crippen molar-refractivity contribution in [2.24, 2.45) is 5.92 Å². The molecule has 3 N–H and O–H groups in total. The molecular formula is C14H28N4. The van der Waals surface area contributed by atoms with E-state index in [1.807, 2.05) is 18.9 Å². The smallest absolute Gasteiger partial charge is 0.119 e. The van der Waals surface area contributed by atoms with E-state index in [0.717, 1.165) is 32.1 Å². The molecule has 1 rings (SSSR count). The molecule has 1 saturated carbocycles. The maximum absolute atomic E-state index is 8.22. The van der Waals surface area contributed by atoms with Crippen LogP contribution in [-0.4, -0.2) is 35.7 Å². The number of hydrogen-bond donors (Lipinski definition) is 3. The molecule has 4 heteroatoms. The number of hydrogen-bond acceptors (Lipinski definition) is 3. The van der Waals surface area contributed by atoms with Crippen molar-refractivity contribution >= 4 is 11.7 Å². The molecule has 0 saturated heterocycles. The molecule has 0 spiro atoms. The van der Waals surface area contributed by atoms with E-state index in [1.54, 1.807) is 0 Å². The van der Waals surface area contributed by atoms with Crippen LogP contribution in [0, 0.1) is 16.7 Å². The number of nitrogens with one attached hydrogen (secondary N) is 3. The Labute approximate surface area is 111 Å². The SMILES string of the molecule is CN[C@@H](C)C(=N)N(C(=N)CCCC(C)C)C1CC1. The van der Waals surface area contributed by atoms with Crippen molar-refractivity contribution in [1.82, 2.24) is 10.2 Å². The summed E-state index contributed by atoms with van der Waals surface area (Å²) in [6.07, 6.45) is 5.28. The Morgan fingerprint density at radius 1 is 1.28 bits per heavy atom. The Hall–Kier alpha value is -0.900. The molecule has 1 aliphatic carbocycles. The van der Waals surface area contributed by atoms with Crippen LogP contribution >= 0.6 is 0 Å². The molecule has 104 valence electrons. The van der Waals surface area contributed by atoms with Crippen LogP contribution in [0.3, 0.4) is 0 Å². The quantitative estimate of drug-likeness (QED) is 0.482.